The van der Waals surface area contributed by atoms with Gasteiger partial charge >= 0.3 is 0 Å². The Hall–Kier alpha value is -1.61. The van der Waals surface area contributed by atoms with Gasteiger partial charge in [-0.3, -0.25) is 4.90 Å². The molecule has 3 heteroatoms. The third-order valence-electron chi connectivity index (χ3n) is 4.03. The van der Waals surface area contributed by atoms with Gasteiger partial charge < -0.3 is 5.32 Å². The van der Waals surface area contributed by atoms with E-state index < -0.39 is 0 Å². The van der Waals surface area contributed by atoms with Gasteiger partial charge in [0, 0.05) is 30.6 Å². The largest absolute Gasteiger partial charge is 0.373 e. The molecule has 0 saturated carbocycles. The first kappa shape index (κ1) is 14.8. The second kappa shape index (κ2) is 6.71. The highest BCUT2D eigenvalue weighted by molar-refractivity contribution is 5.81. The summed E-state index contributed by atoms with van der Waals surface area (Å²) in [6, 6.07) is 11.2. The smallest absolute Gasteiger partial charge is 0.130 e. The lowest BCUT2D eigenvalue weighted by Gasteiger charge is -2.26. The summed E-state index contributed by atoms with van der Waals surface area (Å²) in [5.41, 5.74) is 2.31. The number of anilines is 1. The van der Waals surface area contributed by atoms with Gasteiger partial charge in [-0.2, -0.15) is 0 Å². The quantitative estimate of drug-likeness (QED) is 0.863. The molecule has 1 aromatic heterocycles. The zero-order valence-corrected chi connectivity index (χ0v) is 13.0. The van der Waals surface area contributed by atoms with Gasteiger partial charge in [0.15, 0.2) is 0 Å². The second-order valence-corrected chi connectivity index (χ2v) is 5.32. The molecule has 2 aromatic rings. The Bertz CT molecular complexity index is 561. The lowest BCUT2D eigenvalue weighted by Crippen LogP contribution is -2.30. The third kappa shape index (κ3) is 3.10. The Kier molecular flexibility index (Phi) is 4.96. The summed E-state index contributed by atoms with van der Waals surface area (Å²) in [4.78, 5) is 7.14. The van der Waals surface area contributed by atoms with E-state index in [1.54, 1.807) is 0 Å². The molecule has 0 aliphatic heterocycles. The second-order valence-electron chi connectivity index (χ2n) is 5.32. The van der Waals surface area contributed by atoms with Crippen LogP contribution in [0, 0.1) is 0 Å². The van der Waals surface area contributed by atoms with E-state index in [9.17, 15) is 0 Å². The first-order chi connectivity index (χ1) is 9.69. The van der Waals surface area contributed by atoms with E-state index in [-0.39, 0.29) is 0 Å². The Morgan fingerprint density at radius 3 is 2.55 bits per heavy atom. The van der Waals surface area contributed by atoms with Crippen molar-refractivity contribution in [3.05, 3.63) is 35.9 Å². The van der Waals surface area contributed by atoms with Crippen LogP contribution in [0.5, 0.6) is 0 Å². The molecular formula is C17H25N3. The average molecular weight is 271 g/mol. The number of para-hydroxylation sites is 1. The third-order valence-corrected chi connectivity index (χ3v) is 4.03. The van der Waals surface area contributed by atoms with Crippen LogP contribution in [0.2, 0.25) is 0 Å². The van der Waals surface area contributed by atoms with Crippen molar-refractivity contribution in [1.82, 2.24) is 9.88 Å². The lowest BCUT2D eigenvalue weighted by molar-refractivity contribution is 0.222. The average Bonchev–Trinajstić information content (AvgIpc) is 2.47. The number of hydrogen-bond acceptors (Lipinski definition) is 3. The summed E-state index contributed by atoms with van der Waals surface area (Å²) >= 11 is 0. The number of fused-ring (bicyclic) bond motifs is 1. The number of nitrogens with one attached hydrogen (secondary N) is 1. The fourth-order valence-corrected chi connectivity index (χ4v) is 2.81. The monoisotopic (exact) mass is 271 g/mol. The van der Waals surface area contributed by atoms with Gasteiger partial charge in [-0.25, -0.2) is 4.98 Å². The molecule has 0 aliphatic rings. The normalized spacial score (nSPS) is 11.5. The van der Waals surface area contributed by atoms with Gasteiger partial charge in [0.1, 0.15) is 5.82 Å². The van der Waals surface area contributed by atoms with Crippen LogP contribution in [-0.4, -0.2) is 30.0 Å². The molecule has 0 fully saturated rings. The molecule has 0 aliphatic carbocycles. The van der Waals surface area contributed by atoms with Crippen LogP contribution in [0.15, 0.2) is 30.3 Å². The molecule has 0 spiro atoms. The van der Waals surface area contributed by atoms with E-state index in [1.165, 1.54) is 23.8 Å². The number of rotatable bonds is 6. The predicted octanol–water partition coefficient (Wildman–Crippen LogP) is 3.90. The summed E-state index contributed by atoms with van der Waals surface area (Å²) in [6.45, 7) is 5.44. The van der Waals surface area contributed by atoms with Crippen LogP contribution in [0.3, 0.4) is 0 Å². The molecular weight excluding hydrogens is 246 g/mol. The molecule has 1 aromatic carbocycles. The van der Waals surface area contributed by atoms with Crippen LogP contribution in [-0.2, 0) is 6.54 Å². The molecule has 1 N–H and O–H groups in total. The highest BCUT2D eigenvalue weighted by Crippen LogP contribution is 2.22. The number of nitrogens with zero attached hydrogens (tertiary/aromatic N) is 2. The van der Waals surface area contributed by atoms with Crippen LogP contribution >= 0.6 is 0 Å². The summed E-state index contributed by atoms with van der Waals surface area (Å²) < 4.78 is 0. The Balaban J connectivity index is 2.32. The van der Waals surface area contributed by atoms with Crippen molar-refractivity contribution in [3.63, 3.8) is 0 Å². The van der Waals surface area contributed by atoms with Gasteiger partial charge in [-0.05, 0) is 32.0 Å². The van der Waals surface area contributed by atoms with E-state index in [1.807, 2.05) is 13.1 Å². The number of aromatic nitrogens is 1. The van der Waals surface area contributed by atoms with E-state index >= 15 is 0 Å². The SMILES string of the molecule is CCC(CC)N(C)Cc1cc2ccccc2nc1NC. The van der Waals surface area contributed by atoms with Crippen molar-refractivity contribution in [3.8, 4) is 0 Å². The minimum atomic E-state index is 0.631. The topological polar surface area (TPSA) is 28.2 Å². The van der Waals surface area contributed by atoms with Gasteiger partial charge in [-0.1, -0.05) is 32.0 Å². The Labute approximate surface area is 122 Å². The van der Waals surface area contributed by atoms with E-state index in [0.29, 0.717) is 6.04 Å². The molecule has 108 valence electrons. The maximum atomic E-state index is 4.72. The van der Waals surface area contributed by atoms with Crippen molar-refractivity contribution in [1.29, 1.82) is 0 Å². The van der Waals surface area contributed by atoms with E-state index in [2.05, 4.69) is 55.4 Å². The molecule has 0 saturated heterocycles. The molecule has 0 atom stereocenters. The van der Waals surface area contributed by atoms with Crippen molar-refractivity contribution in [2.75, 3.05) is 19.4 Å². The number of pyridine rings is 1. The van der Waals surface area contributed by atoms with Crippen LogP contribution in [0.4, 0.5) is 5.82 Å². The van der Waals surface area contributed by atoms with Crippen molar-refractivity contribution >= 4 is 16.7 Å². The minimum absolute atomic E-state index is 0.631. The predicted molar refractivity (Wildman–Crippen MR) is 87.1 cm³/mol. The number of hydrogen-bond donors (Lipinski definition) is 1. The van der Waals surface area contributed by atoms with Crippen LogP contribution in [0.25, 0.3) is 10.9 Å². The van der Waals surface area contributed by atoms with E-state index in [0.717, 1.165) is 17.9 Å². The molecule has 2 rings (SSSR count). The molecule has 3 nitrogen and oxygen atoms in total. The summed E-state index contributed by atoms with van der Waals surface area (Å²) in [5.74, 6) is 0.988. The standard InChI is InChI=1S/C17H25N3/c1-5-15(6-2)20(4)12-14-11-13-9-7-8-10-16(13)19-17(14)18-3/h7-11,15H,5-6,12H2,1-4H3,(H,18,19). The summed E-state index contributed by atoms with van der Waals surface area (Å²) in [6.07, 6.45) is 2.37. The Morgan fingerprint density at radius 1 is 1.20 bits per heavy atom. The lowest BCUT2D eigenvalue weighted by atomic mass is 10.1. The van der Waals surface area contributed by atoms with Crippen molar-refractivity contribution in [2.45, 2.75) is 39.3 Å². The summed E-state index contributed by atoms with van der Waals surface area (Å²) in [5, 5.41) is 4.44. The van der Waals surface area contributed by atoms with Gasteiger partial charge in [0.2, 0.25) is 0 Å². The van der Waals surface area contributed by atoms with Gasteiger partial charge in [0.25, 0.3) is 0 Å². The van der Waals surface area contributed by atoms with Gasteiger partial charge in [0.05, 0.1) is 5.52 Å². The zero-order valence-electron chi connectivity index (χ0n) is 13.0. The highest BCUT2D eigenvalue weighted by atomic mass is 15.1. The first-order valence-corrected chi connectivity index (χ1v) is 7.46. The fraction of sp³-hybridized carbons (Fsp3) is 0.471. The van der Waals surface area contributed by atoms with Crippen molar-refractivity contribution in [2.24, 2.45) is 0 Å². The fourth-order valence-electron chi connectivity index (χ4n) is 2.81. The highest BCUT2D eigenvalue weighted by Gasteiger charge is 2.13. The van der Waals surface area contributed by atoms with Crippen LogP contribution < -0.4 is 5.32 Å². The maximum Gasteiger partial charge on any atom is 0.130 e. The molecule has 1 heterocycles. The number of benzene rings is 1. The Morgan fingerprint density at radius 2 is 1.90 bits per heavy atom. The summed E-state index contributed by atoms with van der Waals surface area (Å²) in [7, 11) is 4.14. The molecule has 0 bridgehead atoms. The zero-order chi connectivity index (χ0) is 14.5. The van der Waals surface area contributed by atoms with Crippen LogP contribution in [0.1, 0.15) is 32.3 Å². The molecule has 0 unspecified atom stereocenters. The molecule has 0 radical (unpaired) electrons. The maximum absolute atomic E-state index is 4.72. The van der Waals surface area contributed by atoms with Gasteiger partial charge in [-0.15, -0.1) is 0 Å². The minimum Gasteiger partial charge on any atom is -0.373 e. The van der Waals surface area contributed by atoms with Crippen molar-refractivity contribution < 1.29 is 0 Å². The molecule has 20 heavy (non-hydrogen) atoms. The molecule has 0 amide bonds. The first-order valence-electron chi connectivity index (χ1n) is 7.46. The van der Waals surface area contributed by atoms with E-state index in [4.69, 9.17) is 4.98 Å².